The van der Waals surface area contributed by atoms with Crippen LogP contribution in [0.2, 0.25) is 0 Å². The third kappa shape index (κ3) is 6.53. The Balaban J connectivity index is 2.39. The predicted molar refractivity (Wildman–Crippen MR) is 119 cm³/mol. The lowest BCUT2D eigenvalue weighted by Gasteiger charge is -2.32. The van der Waals surface area contributed by atoms with E-state index in [1.165, 1.54) is 12.8 Å². The Morgan fingerprint density at radius 3 is 2.43 bits per heavy atom. The number of alkyl halides is 1. The van der Waals surface area contributed by atoms with Crippen molar-refractivity contribution in [3.05, 3.63) is 23.8 Å². The summed E-state index contributed by atoms with van der Waals surface area (Å²) >= 11 is 5.89. The SMILES string of the molecule is CCCN(C(=O)CCl)[C@H](C(=O)NC1CCCCCC1)c1ccc(OCC)c(OC)c1. The number of carbonyl (C=O) groups excluding carboxylic acids is 2. The molecule has 1 aliphatic rings. The molecule has 1 aromatic carbocycles. The van der Waals surface area contributed by atoms with E-state index in [9.17, 15) is 9.59 Å². The van der Waals surface area contributed by atoms with Crippen molar-refractivity contribution in [2.45, 2.75) is 70.9 Å². The Kier molecular flexibility index (Phi) is 10.3. The van der Waals surface area contributed by atoms with Gasteiger partial charge in [0.05, 0.1) is 13.7 Å². The zero-order valence-corrected chi connectivity index (χ0v) is 19.2. The van der Waals surface area contributed by atoms with Gasteiger partial charge >= 0.3 is 0 Å². The highest BCUT2D eigenvalue weighted by atomic mass is 35.5. The molecule has 2 amide bonds. The maximum atomic E-state index is 13.5. The summed E-state index contributed by atoms with van der Waals surface area (Å²) in [4.78, 5) is 27.7. The minimum absolute atomic E-state index is 0.140. The van der Waals surface area contributed by atoms with Gasteiger partial charge in [0.1, 0.15) is 11.9 Å². The molecule has 2 rings (SSSR count). The van der Waals surface area contributed by atoms with Crippen molar-refractivity contribution >= 4 is 23.4 Å². The molecule has 0 unspecified atom stereocenters. The number of nitrogens with zero attached hydrogens (tertiary/aromatic N) is 1. The minimum atomic E-state index is -0.760. The number of carbonyl (C=O) groups is 2. The molecule has 30 heavy (non-hydrogen) atoms. The molecule has 168 valence electrons. The monoisotopic (exact) mass is 438 g/mol. The molecular weight excluding hydrogens is 404 g/mol. The van der Waals surface area contributed by atoms with Gasteiger partial charge in [-0.1, -0.05) is 38.7 Å². The normalized spacial score (nSPS) is 15.7. The lowest BCUT2D eigenvalue weighted by Crippen LogP contribution is -2.47. The van der Waals surface area contributed by atoms with E-state index < -0.39 is 6.04 Å². The molecule has 1 fully saturated rings. The predicted octanol–water partition coefficient (Wildman–Crippen LogP) is 4.45. The van der Waals surface area contributed by atoms with Crippen LogP contribution in [0.3, 0.4) is 0 Å². The number of methoxy groups -OCH3 is 1. The first-order valence-corrected chi connectivity index (χ1v) is 11.6. The molecule has 1 saturated carbocycles. The van der Waals surface area contributed by atoms with E-state index in [1.54, 1.807) is 24.1 Å². The molecule has 0 saturated heterocycles. The maximum Gasteiger partial charge on any atom is 0.247 e. The van der Waals surface area contributed by atoms with Crippen LogP contribution < -0.4 is 14.8 Å². The second kappa shape index (κ2) is 12.7. The molecule has 0 aliphatic heterocycles. The van der Waals surface area contributed by atoms with Gasteiger partial charge in [-0.15, -0.1) is 11.6 Å². The molecule has 1 N–H and O–H groups in total. The van der Waals surface area contributed by atoms with Crippen LogP contribution in [0.4, 0.5) is 0 Å². The molecule has 7 heteroatoms. The smallest absolute Gasteiger partial charge is 0.247 e. The molecule has 0 heterocycles. The van der Waals surface area contributed by atoms with Crippen LogP contribution in [0.15, 0.2) is 18.2 Å². The van der Waals surface area contributed by atoms with E-state index in [-0.39, 0.29) is 23.7 Å². The Bertz CT molecular complexity index is 690. The second-order valence-corrected chi connectivity index (χ2v) is 7.93. The maximum absolute atomic E-state index is 13.5. The summed E-state index contributed by atoms with van der Waals surface area (Å²) in [5.41, 5.74) is 0.688. The Morgan fingerprint density at radius 2 is 1.87 bits per heavy atom. The Labute approximate surface area is 185 Å². The van der Waals surface area contributed by atoms with Gasteiger partial charge in [-0.05, 0) is 43.9 Å². The first kappa shape index (κ1) is 24.3. The van der Waals surface area contributed by atoms with Gasteiger partial charge in [0.25, 0.3) is 0 Å². The number of nitrogens with one attached hydrogen (secondary N) is 1. The van der Waals surface area contributed by atoms with E-state index in [1.807, 2.05) is 19.9 Å². The van der Waals surface area contributed by atoms with Gasteiger partial charge in [0.2, 0.25) is 11.8 Å². The van der Waals surface area contributed by atoms with Crippen LogP contribution >= 0.6 is 11.6 Å². The van der Waals surface area contributed by atoms with Crippen molar-refractivity contribution in [1.29, 1.82) is 0 Å². The van der Waals surface area contributed by atoms with Crippen molar-refractivity contribution in [2.75, 3.05) is 26.1 Å². The highest BCUT2D eigenvalue weighted by molar-refractivity contribution is 6.27. The first-order valence-electron chi connectivity index (χ1n) is 11.0. The highest BCUT2D eigenvalue weighted by Crippen LogP contribution is 2.33. The fraction of sp³-hybridized carbons (Fsp3) is 0.652. The summed E-state index contributed by atoms with van der Waals surface area (Å²) in [6, 6.07) is 4.78. The fourth-order valence-corrected chi connectivity index (χ4v) is 4.17. The fourth-order valence-electron chi connectivity index (χ4n) is 4.02. The zero-order valence-electron chi connectivity index (χ0n) is 18.4. The van der Waals surface area contributed by atoms with Crippen LogP contribution in [0.25, 0.3) is 0 Å². The Hall–Kier alpha value is -1.95. The Morgan fingerprint density at radius 1 is 1.17 bits per heavy atom. The van der Waals surface area contributed by atoms with E-state index >= 15 is 0 Å². The van der Waals surface area contributed by atoms with Gasteiger partial charge in [0.15, 0.2) is 11.5 Å². The molecular formula is C23H35ClN2O4. The average molecular weight is 439 g/mol. The topological polar surface area (TPSA) is 67.9 Å². The van der Waals surface area contributed by atoms with Crippen LogP contribution in [0, 0.1) is 0 Å². The molecule has 0 bridgehead atoms. The average Bonchev–Trinajstić information content (AvgIpc) is 3.02. The number of rotatable bonds is 10. The zero-order chi connectivity index (χ0) is 21.9. The van der Waals surface area contributed by atoms with Crippen molar-refractivity contribution in [3.8, 4) is 11.5 Å². The van der Waals surface area contributed by atoms with Crippen LogP contribution in [-0.2, 0) is 9.59 Å². The van der Waals surface area contributed by atoms with Crippen molar-refractivity contribution < 1.29 is 19.1 Å². The number of benzene rings is 1. The van der Waals surface area contributed by atoms with E-state index in [0.29, 0.717) is 30.2 Å². The first-order chi connectivity index (χ1) is 14.5. The van der Waals surface area contributed by atoms with E-state index in [4.69, 9.17) is 21.1 Å². The van der Waals surface area contributed by atoms with Gasteiger partial charge in [0, 0.05) is 12.6 Å². The number of halogens is 1. The summed E-state index contributed by atoms with van der Waals surface area (Å²) in [5.74, 6) is 0.558. The van der Waals surface area contributed by atoms with Crippen molar-refractivity contribution in [3.63, 3.8) is 0 Å². The minimum Gasteiger partial charge on any atom is -0.493 e. The number of hydrogen-bond donors (Lipinski definition) is 1. The van der Waals surface area contributed by atoms with Crippen LogP contribution in [0.5, 0.6) is 11.5 Å². The summed E-state index contributed by atoms with van der Waals surface area (Å²) in [6.07, 6.45) is 7.32. The largest absolute Gasteiger partial charge is 0.493 e. The molecule has 1 aromatic rings. The summed E-state index contributed by atoms with van der Waals surface area (Å²) < 4.78 is 11.1. The standard InChI is InChI=1S/C23H35ClN2O4/c1-4-14-26(21(27)16-24)22(23(28)25-18-10-8-6-7-9-11-18)17-12-13-19(30-5-2)20(15-17)29-3/h12-13,15,18,22H,4-11,14,16H2,1-3H3,(H,25,28)/t22-/m0/s1. The lowest BCUT2D eigenvalue weighted by molar-refractivity contribution is -0.139. The third-order valence-electron chi connectivity index (χ3n) is 5.46. The molecule has 0 radical (unpaired) electrons. The van der Waals surface area contributed by atoms with Gasteiger partial charge in [-0.2, -0.15) is 0 Å². The van der Waals surface area contributed by atoms with Gasteiger partial charge in [-0.3, -0.25) is 9.59 Å². The number of amides is 2. The lowest BCUT2D eigenvalue weighted by atomic mass is 10.0. The van der Waals surface area contributed by atoms with E-state index in [0.717, 1.165) is 32.1 Å². The molecule has 0 aromatic heterocycles. The third-order valence-corrected chi connectivity index (χ3v) is 5.69. The molecule has 1 aliphatic carbocycles. The van der Waals surface area contributed by atoms with Crippen LogP contribution in [-0.4, -0.2) is 48.9 Å². The number of ether oxygens (including phenoxy) is 2. The summed E-state index contributed by atoms with van der Waals surface area (Å²) in [5, 5.41) is 3.20. The highest BCUT2D eigenvalue weighted by Gasteiger charge is 2.32. The molecule has 6 nitrogen and oxygen atoms in total. The van der Waals surface area contributed by atoms with Gasteiger partial charge in [-0.25, -0.2) is 0 Å². The molecule has 1 atom stereocenters. The summed E-state index contributed by atoms with van der Waals surface area (Å²) in [7, 11) is 1.57. The quantitative estimate of drug-likeness (QED) is 0.432. The van der Waals surface area contributed by atoms with Crippen molar-refractivity contribution in [2.24, 2.45) is 0 Å². The van der Waals surface area contributed by atoms with Crippen molar-refractivity contribution in [1.82, 2.24) is 10.2 Å². The summed E-state index contributed by atoms with van der Waals surface area (Å²) in [6.45, 7) is 4.84. The second-order valence-electron chi connectivity index (χ2n) is 7.66. The van der Waals surface area contributed by atoms with E-state index in [2.05, 4.69) is 5.32 Å². The molecule has 0 spiro atoms. The van der Waals surface area contributed by atoms with Crippen LogP contribution in [0.1, 0.15) is 70.4 Å². The number of hydrogen-bond acceptors (Lipinski definition) is 4. The van der Waals surface area contributed by atoms with Gasteiger partial charge < -0.3 is 19.7 Å².